The average molecular weight is 358 g/mol. The van der Waals surface area contributed by atoms with Gasteiger partial charge in [0.1, 0.15) is 11.5 Å². The molecule has 0 unspecified atom stereocenters. The van der Waals surface area contributed by atoms with Gasteiger partial charge in [0.25, 0.3) is 0 Å². The molecule has 1 N–H and O–H groups in total. The minimum absolute atomic E-state index is 0.121. The molecule has 0 bridgehead atoms. The summed E-state index contributed by atoms with van der Waals surface area (Å²) < 4.78 is 7.52. The SMILES string of the molecule is O=C(Cc1noc2ccccc12)Nc1cccc(-c2cnc3n2CCC3)c1. The maximum atomic E-state index is 12.5. The van der Waals surface area contributed by atoms with E-state index >= 15 is 0 Å². The quantitative estimate of drug-likeness (QED) is 0.602. The van der Waals surface area contributed by atoms with Crippen LogP contribution in [0.25, 0.3) is 22.2 Å². The Kier molecular flexibility index (Phi) is 3.74. The van der Waals surface area contributed by atoms with Crippen molar-refractivity contribution < 1.29 is 9.32 Å². The van der Waals surface area contributed by atoms with E-state index in [1.807, 2.05) is 54.7 Å². The zero-order valence-electron chi connectivity index (χ0n) is 14.7. The van der Waals surface area contributed by atoms with E-state index in [1.165, 1.54) is 0 Å². The fourth-order valence-electron chi connectivity index (χ4n) is 3.67. The predicted octanol–water partition coefficient (Wildman–Crippen LogP) is 3.82. The molecular formula is C21H18N4O2. The number of rotatable bonds is 4. The summed E-state index contributed by atoms with van der Waals surface area (Å²) in [6.07, 6.45) is 4.25. The number of hydrogen-bond donors (Lipinski definition) is 1. The highest BCUT2D eigenvalue weighted by Crippen LogP contribution is 2.27. The number of fused-ring (bicyclic) bond motifs is 2. The van der Waals surface area contributed by atoms with Gasteiger partial charge in [-0.2, -0.15) is 0 Å². The molecule has 6 nitrogen and oxygen atoms in total. The topological polar surface area (TPSA) is 73.0 Å². The van der Waals surface area contributed by atoms with Crippen LogP contribution in [0.4, 0.5) is 5.69 Å². The van der Waals surface area contributed by atoms with Crippen molar-refractivity contribution >= 4 is 22.6 Å². The largest absolute Gasteiger partial charge is 0.356 e. The Labute approximate surface area is 155 Å². The number of aromatic nitrogens is 3. The van der Waals surface area contributed by atoms with Crippen LogP contribution >= 0.6 is 0 Å². The second-order valence-electron chi connectivity index (χ2n) is 6.75. The van der Waals surface area contributed by atoms with E-state index in [2.05, 4.69) is 20.0 Å². The van der Waals surface area contributed by atoms with E-state index in [1.54, 1.807) is 0 Å². The molecule has 2 aromatic carbocycles. The van der Waals surface area contributed by atoms with Crippen molar-refractivity contribution in [2.45, 2.75) is 25.8 Å². The van der Waals surface area contributed by atoms with E-state index in [0.717, 1.165) is 47.5 Å². The molecule has 0 saturated heterocycles. The van der Waals surface area contributed by atoms with Crippen molar-refractivity contribution in [3.63, 3.8) is 0 Å². The number of benzene rings is 2. The van der Waals surface area contributed by atoms with E-state index in [9.17, 15) is 4.79 Å². The Morgan fingerprint density at radius 2 is 2.11 bits per heavy atom. The summed E-state index contributed by atoms with van der Waals surface area (Å²) in [6.45, 7) is 1.00. The van der Waals surface area contributed by atoms with Crippen molar-refractivity contribution in [2.75, 3.05) is 5.32 Å². The van der Waals surface area contributed by atoms with Crippen molar-refractivity contribution in [3.05, 3.63) is 66.2 Å². The third-order valence-electron chi connectivity index (χ3n) is 4.94. The highest BCUT2D eigenvalue weighted by molar-refractivity contribution is 5.95. The predicted molar refractivity (Wildman–Crippen MR) is 102 cm³/mol. The van der Waals surface area contributed by atoms with Gasteiger partial charge in [-0.3, -0.25) is 4.79 Å². The van der Waals surface area contributed by atoms with Crippen molar-refractivity contribution in [3.8, 4) is 11.3 Å². The highest BCUT2D eigenvalue weighted by Gasteiger charge is 2.17. The second kappa shape index (κ2) is 6.39. The zero-order valence-corrected chi connectivity index (χ0v) is 14.7. The molecule has 0 atom stereocenters. The molecule has 2 aromatic heterocycles. The van der Waals surface area contributed by atoms with E-state index in [-0.39, 0.29) is 12.3 Å². The van der Waals surface area contributed by atoms with E-state index in [4.69, 9.17) is 4.52 Å². The van der Waals surface area contributed by atoms with Crippen LogP contribution in [-0.2, 0) is 24.2 Å². The highest BCUT2D eigenvalue weighted by atomic mass is 16.5. The van der Waals surface area contributed by atoms with Crippen LogP contribution in [0.15, 0.2) is 59.3 Å². The first-order valence-corrected chi connectivity index (χ1v) is 9.06. The summed E-state index contributed by atoms with van der Waals surface area (Å²) >= 11 is 0. The number of imidazole rings is 1. The fraction of sp³-hybridized carbons (Fsp3) is 0.190. The maximum absolute atomic E-state index is 12.5. The molecule has 1 aliphatic heterocycles. The summed E-state index contributed by atoms with van der Waals surface area (Å²) in [5, 5.41) is 7.86. The van der Waals surface area contributed by atoms with E-state index < -0.39 is 0 Å². The van der Waals surface area contributed by atoms with Gasteiger partial charge in [0.15, 0.2) is 5.58 Å². The molecule has 4 aromatic rings. The Bertz CT molecular complexity index is 1140. The Balaban J connectivity index is 1.35. The molecule has 0 aliphatic carbocycles. The Morgan fingerprint density at radius 1 is 1.19 bits per heavy atom. The van der Waals surface area contributed by atoms with Gasteiger partial charge in [0.05, 0.1) is 18.3 Å². The third kappa shape index (κ3) is 2.89. The monoisotopic (exact) mass is 358 g/mol. The number of para-hydroxylation sites is 1. The van der Waals surface area contributed by atoms with Crippen molar-refractivity contribution in [2.24, 2.45) is 0 Å². The molecule has 0 saturated carbocycles. The van der Waals surface area contributed by atoms with Crippen LogP contribution in [0.1, 0.15) is 17.9 Å². The number of carbonyl (C=O) groups excluding carboxylic acids is 1. The van der Waals surface area contributed by atoms with E-state index in [0.29, 0.717) is 11.3 Å². The molecule has 0 radical (unpaired) electrons. The lowest BCUT2D eigenvalue weighted by Gasteiger charge is -2.08. The summed E-state index contributed by atoms with van der Waals surface area (Å²) in [5.41, 5.74) is 4.25. The molecule has 27 heavy (non-hydrogen) atoms. The second-order valence-corrected chi connectivity index (χ2v) is 6.75. The van der Waals surface area contributed by atoms with Gasteiger partial charge in [-0.25, -0.2) is 4.98 Å². The molecule has 0 spiro atoms. The van der Waals surface area contributed by atoms with Crippen LogP contribution < -0.4 is 5.32 Å². The Morgan fingerprint density at radius 3 is 3.07 bits per heavy atom. The van der Waals surface area contributed by atoms with Crippen LogP contribution in [0, 0.1) is 0 Å². The van der Waals surface area contributed by atoms with Crippen molar-refractivity contribution in [1.29, 1.82) is 0 Å². The number of carbonyl (C=O) groups is 1. The van der Waals surface area contributed by atoms with Crippen LogP contribution in [0.3, 0.4) is 0 Å². The molecule has 6 heteroatoms. The first kappa shape index (κ1) is 15.8. The maximum Gasteiger partial charge on any atom is 0.230 e. The van der Waals surface area contributed by atoms with Crippen LogP contribution in [-0.4, -0.2) is 20.6 Å². The summed E-state index contributed by atoms with van der Waals surface area (Å²) in [7, 11) is 0. The molecule has 1 aliphatic rings. The standard InChI is InChI=1S/C21H18N4O2/c26-21(12-17-16-7-1-2-8-19(16)27-24-17)23-15-6-3-5-14(11-15)18-13-22-20-9-4-10-25(18)20/h1-3,5-8,11,13H,4,9-10,12H2,(H,23,26). The molecule has 134 valence electrons. The van der Waals surface area contributed by atoms with Crippen molar-refractivity contribution in [1.82, 2.24) is 14.7 Å². The minimum Gasteiger partial charge on any atom is -0.356 e. The number of amides is 1. The van der Waals surface area contributed by atoms with Crippen LogP contribution in [0.2, 0.25) is 0 Å². The smallest absolute Gasteiger partial charge is 0.230 e. The lowest BCUT2D eigenvalue weighted by molar-refractivity contribution is -0.115. The number of nitrogens with zero attached hydrogens (tertiary/aromatic N) is 3. The fourth-order valence-corrected chi connectivity index (χ4v) is 3.67. The van der Waals surface area contributed by atoms with Gasteiger partial charge in [-0.05, 0) is 30.7 Å². The minimum atomic E-state index is -0.121. The molecule has 1 amide bonds. The van der Waals surface area contributed by atoms with Gasteiger partial charge < -0.3 is 14.4 Å². The summed E-state index contributed by atoms with van der Waals surface area (Å²) in [5.74, 6) is 1.02. The number of anilines is 1. The molecular weight excluding hydrogens is 340 g/mol. The van der Waals surface area contributed by atoms with Gasteiger partial charge in [-0.1, -0.05) is 29.4 Å². The molecule has 0 fully saturated rings. The zero-order chi connectivity index (χ0) is 18.2. The lowest BCUT2D eigenvalue weighted by Crippen LogP contribution is -2.14. The normalized spacial score (nSPS) is 13.0. The van der Waals surface area contributed by atoms with Gasteiger partial charge >= 0.3 is 0 Å². The lowest BCUT2D eigenvalue weighted by atomic mass is 10.1. The number of nitrogens with one attached hydrogen (secondary N) is 1. The molecule has 3 heterocycles. The van der Waals surface area contributed by atoms with Crippen LogP contribution in [0.5, 0.6) is 0 Å². The summed E-state index contributed by atoms with van der Waals surface area (Å²) in [4.78, 5) is 17.0. The number of hydrogen-bond acceptors (Lipinski definition) is 4. The summed E-state index contributed by atoms with van der Waals surface area (Å²) in [6, 6.07) is 15.4. The Hall–Kier alpha value is -3.41. The molecule has 5 rings (SSSR count). The average Bonchev–Trinajstić information content (AvgIpc) is 3.38. The first-order valence-electron chi connectivity index (χ1n) is 9.06. The van der Waals surface area contributed by atoms with Gasteiger partial charge in [0.2, 0.25) is 5.91 Å². The number of aryl methyl sites for hydroxylation is 1. The first-order chi connectivity index (χ1) is 13.3. The third-order valence-corrected chi connectivity index (χ3v) is 4.94. The van der Waals surface area contributed by atoms with Gasteiger partial charge in [0, 0.05) is 29.6 Å². The van der Waals surface area contributed by atoms with Gasteiger partial charge in [-0.15, -0.1) is 0 Å².